The van der Waals surface area contributed by atoms with Crippen molar-refractivity contribution in [3.63, 3.8) is 0 Å². The van der Waals surface area contributed by atoms with E-state index in [0.717, 1.165) is 55.3 Å². The van der Waals surface area contributed by atoms with Gasteiger partial charge in [-0.05, 0) is 31.1 Å². The molecule has 3 aliphatic rings. The Labute approximate surface area is 191 Å². The number of aromatic nitrogens is 6. The highest BCUT2D eigenvalue weighted by Crippen LogP contribution is 2.45. The lowest BCUT2D eigenvalue weighted by Gasteiger charge is -2.18. The molecule has 1 saturated carbocycles. The smallest absolute Gasteiger partial charge is 0.226 e. The first-order valence-electron chi connectivity index (χ1n) is 11.4. The van der Waals surface area contributed by atoms with Crippen LogP contribution in [0.5, 0.6) is 0 Å². The molecule has 1 aliphatic heterocycles. The number of aldehydes is 1. The Morgan fingerprint density at radius 3 is 2.88 bits per heavy atom. The number of carbonyl (C=O) groups excluding carboxylic acids is 2. The monoisotopic (exact) mass is 446 g/mol. The van der Waals surface area contributed by atoms with Crippen molar-refractivity contribution in [3.8, 4) is 0 Å². The third kappa shape index (κ3) is 3.79. The number of amides is 1. The molecule has 3 aromatic rings. The van der Waals surface area contributed by atoms with Crippen LogP contribution < -0.4 is 10.2 Å². The van der Waals surface area contributed by atoms with Gasteiger partial charge >= 0.3 is 0 Å². The lowest BCUT2D eigenvalue weighted by molar-refractivity contribution is -0.121. The summed E-state index contributed by atoms with van der Waals surface area (Å²) in [6.07, 6.45) is 11.1. The maximum absolute atomic E-state index is 12.6. The molecule has 1 saturated heterocycles. The first-order chi connectivity index (χ1) is 16.1. The number of fused-ring (bicyclic) bond motifs is 2. The fourth-order valence-electron chi connectivity index (χ4n) is 5.17. The molecular formula is C23H26N8O2. The maximum Gasteiger partial charge on any atom is 0.226 e. The molecule has 0 bridgehead atoms. The minimum Gasteiger partial charge on any atom is -0.347 e. The summed E-state index contributed by atoms with van der Waals surface area (Å²) >= 11 is 0. The van der Waals surface area contributed by atoms with Gasteiger partial charge in [-0.15, -0.1) is 0 Å². The number of hydrogen-bond acceptors (Lipinski definition) is 7. The van der Waals surface area contributed by atoms with Crippen molar-refractivity contribution >= 4 is 18.1 Å². The topological polar surface area (TPSA) is 111 Å². The summed E-state index contributed by atoms with van der Waals surface area (Å²) < 4.78 is 3.87. The van der Waals surface area contributed by atoms with Crippen LogP contribution in [0.25, 0.3) is 0 Å². The molecule has 3 atom stereocenters. The van der Waals surface area contributed by atoms with Crippen LogP contribution >= 0.6 is 0 Å². The quantitative estimate of drug-likeness (QED) is 0.541. The Hall–Kier alpha value is -3.56. The van der Waals surface area contributed by atoms with E-state index in [1.807, 2.05) is 22.4 Å². The molecule has 33 heavy (non-hydrogen) atoms. The van der Waals surface area contributed by atoms with Gasteiger partial charge in [0.1, 0.15) is 5.69 Å². The normalized spacial score (nSPS) is 22.8. The van der Waals surface area contributed by atoms with Crippen molar-refractivity contribution in [3.05, 3.63) is 53.4 Å². The molecule has 170 valence electrons. The highest BCUT2D eigenvalue weighted by Gasteiger charge is 2.45. The minimum atomic E-state index is -0.0753. The first kappa shape index (κ1) is 20.1. The van der Waals surface area contributed by atoms with E-state index in [9.17, 15) is 9.59 Å². The zero-order valence-corrected chi connectivity index (χ0v) is 18.5. The molecule has 6 rings (SSSR count). The molecule has 0 aromatic carbocycles. The average molecular weight is 447 g/mol. The van der Waals surface area contributed by atoms with E-state index < -0.39 is 0 Å². The third-order valence-electron chi connectivity index (χ3n) is 7.07. The van der Waals surface area contributed by atoms with E-state index >= 15 is 0 Å². The second-order valence-electron chi connectivity index (χ2n) is 9.42. The van der Waals surface area contributed by atoms with Gasteiger partial charge in [0.15, 0.2) is 6.29 Å². The van der Waals surface area contributed by atoms with Gasteiger partial charge in [0.05, 0.1) is 43.0 Å². The predicted octanol–water partition coefficient (Wildman–Crippen LogP) is 1.07. The van der Waals surface area contributed by atoms with Gasteiger partial charge in [0.25, 0.3) is 0 Å². The van der Waals surface area contributed by atoms with E-state index in [1.54, 1.807) is 18.9 Å². The van der Waals surface area contributed by atoms with Crippen LogP contribution in [0, 0.1) is 11.8 Å². The molecule has 1 amide bonds. The Bertz CT molecular complexity index is 1220. The second kappa shape index (κ2) is 7.79. The molecule has 2 unspecified atom stereocenters. The number of imidazole rings is 2. The molecule has 2 aliphatic carbocycles. The number of rotatable bonds is 7. The zero-order valence-electron chi connectivity index (χ0n) is 18.5. The molecule has 1 N–H and O–H groups in total. The molecule has 10 heteroatoms. The number of piperidine rings is 1. The lowest BCUT2D eigenvalue weighted by atomic mass is 10.2. The molecule has 4 heterocycles. The molecule has 3 aromatic heterocycles. The first-order valence-corrected chi connectivity index (χ1v) is 11.4. The van der Waals surface area contributed by atoms with Crippen LogP contribution in [-0.4, -0.2) is 54.4 Å². The number of hydrogen-bond donors (Lipinski definition) is 1. The Morgan fingerprint density at radius 1 is 1.21 bits per heavy atom. The minimum absolute atomic E-state index is 0.0388. The van der Waals surface area contributed by atoms with Crippen LogP contribution in [0.15, 0.2) is 25.0 Å². The summed E-state index contributed by atoms with van der Waals surface area (Å²) in [6, 6.07) is -0.0388. The van der Waals surface area contributed by atoms with Gasteiger partial charge < -0.3 is 19.4 Å². The Morgan fingerprint density at radius 2 is 2.06 bits per heavy atom. The van der Waals surface area contributed by atoms with Gasteiger partial charge in [-0.2, -0.15) is 0 Å². The molecule has 10 nitrogen and oxygen atoms in total. The predicted molar refractivity (Wildman–Crippen MR) is 119 cm³/mol. The SMILES string of the molecule is Cn1cnc2c1CC[C@H]2NC(=O)Cc1cn(Cc2cnc(N3CC4CC4C3)nc2C=O)cn1. The summed E-state index contributed by atoms with van der Waals surface area (Å²) in [7, 11) is 1.98. The molecule has 0 radical (unpaired) electrons. The highest BCUT2D eigenvalue weighted by molar-refractivity contribution is 5.78. The second-order valence-corrected chi connectivity index (χ2v) is 9.42. The molecule has 0 spiro atoms. The molecule has 2 fully saturated rings. The van der Waals surface area contributed by atoms with Crippen molar-refractivity contribution in [2.75, 3.05) is 18.0 Å². The van der Waals surface area contributed by atoms with E-state index in [0.29, 0.717) is 23.9 Å². The van der Waals surface area contributed by atoms with Crippen LogP contribution in [0.1, 0.15) is 52.0 Å². The van der Waals surface area contributed by atoms with Gasteiger partial charge in [-0.25, -0.2) is 19.9 Å². The molecular weight excluding hydrogens is 420 g/mol. The standard InChI is InChI=1S/C23H26N8O2/c1-29-12-26-22-18(2-3-20(22)29)27-21(33)5-17-10-30(13-25-17)7-16-6-24-23(28-19(16)11-32)31-8-14-4-15(14)9-31/h6,10-15,18H,2-5,7-9H2,1H3,(H,27,33)/t14?,15?,18-/m1/s1. The van der Waals surface area contributed by atoms with Crippen molar-refractivity contribution in [1.82, 2.24) is 34.4 Å². The summed E-state index contributed by atoms with van der Waals surface area (Å²) in [5, 5.41) is 3.08. The van der Waals surface area contributed by atoms with E-state index in [2.05, 4.69) is 30.2 Å². The van der Waals surface area contributed by atoms with Crippen LogP contribution in [0.2, 0.25) is 0 Å². The summed E-state index contributed by atoms with van der Waals surface area (Å²) in [4.78, 5) is 44.2. The lowest BCUT2D eigenvalue weighted by Crippen LogP contribution is -2.28. The van der Waals surface area contributed by atoms with E-state index in [4.69, 9.17) is 0 Å². The number of carbonyl (C=O) groups is 2. The van der Waals surface area contributed by atoms with Crippen molar-refractivity contribution in [2.45, 2.75) is 38.3 Å². The van der Waals surface area contributed by atoms with E-state index in [-0.39, 0.29) is 18.4 Å². The Balaban J connectivity index is 1.09. The summed E-state index contributed by atoms with van der Waals surface area (Å²) in [6.45, 7) is 2.39. The number of aryl methyl sites for hydroxylation is 1. The fraction of sp³-hybridized carbons (Fsp3) is 0.478. The number of nitrogens with zero attached hydrogens (tertiary/aromatic N) is 7. The average Bonchev–Trinajstić information content (AvgIpc) is 3.25. The van der Waals surface area contributed by atoms with Crippen molar-refractivity contribution in [2.24, 2.45) is 18.9 Å². The highest BCUT2D eigenvalue weighted by atomic mass is 16.1. The van der Waals surface area contributed by atoms with E-state index in [1.165, 1.54) is 12.1 Å². The van der Waals surface area contributed by atoms with Gasteiger partial charge in [0.2, 0.25) is 11.9 Å². The van der Waals surface area contributed by atoms with Crippen LogP contribution in [-0.2, 0) is 31.2 Å². The van der Waals surface area contributed by atoms with Gasteiger partial charge in [-0.3, -0.25) is 9.59 Å². The van der Waals surface area contributed by atoms with Crippen molar-refractivity contribution in [1.29, 1.82) is 0 Å². The Kier molecular flexibility index (Phi) is 4.74. The third-order valence-corrected chi connectivity index (χ3v) is 7.07. The van der Waals surface area contributed by atoms with Crippen LogP contribution in [0.3, 0.4) is 0 Å². The van der Waals surface area contributed by atoms with Crippen molar-refractivity contribution < 1.29 is 9.59 Å². The summed E-state index contributed by atoms with van der Waals surface area (Å²) in [5.74, 6) is 2.11. The van der Waals surface area contributed by atoms with Crippen LogP contribution in [0.4, 0.5) is 5.95 Å². The van der Waals surface area contributed by atoms with Gasteiger partial charge in [-0.1, -0.05) is 0 Å². The largest absolute Gasteiger partial charge is 0.347 e. The van der Waals surface area contributed by atoms with Gasteiger partial charge in [0, 0.05) is 43.8 Å². The number of nitrogens with one attached hydrogen (secondary N) is 1. The number of anilines is 1. The fourth-order valence-corrected chi connectivity index (χ4v) is 5.17. The zero-order chi connectivity index (χ0) is 22.5. The maximum atomic E-state index is 12.6. The summed E-state index contributed by atoms with van der Waals surface area (Å²) in [5.41, 5.74) is 3.96.